The average Bonchev–Trinajstić information content (AvgIpc) is 3.61. The quantitative estimate of drug-likeness (QED) is 0.235. The fourth-order valence-corrected chi connectivity index (χ4v) is 5.70. The maximum atomic E-state index is 13.8. The number of halogens is 2. The van der Waals surface area contributed by atoms with Crippen LogP contribution >= 0.6 is 7.60 Å². The predicted molar refractivity (Wildman–Crippen MR) is 139 cm³/mol. The zero-order valence-electron chi connectivity index (χ0n) is 21.4. The van der Waals surface area contributed by atoms with Gasteiger partial charge < -0.3 is 29.0 Å². The Hall–Kier alpha value is -3.58. The van der Waals surface area contributed by atoms with Crippen molar-refractivity contribution in [2.45, 2.75) is 38.3 Å². The van der Waals surface area contributed by atoms with E-state index in [1.165, 1.54) is 6.33 Å². The lowest BCUT2D eigenvalue weighted by molar-refractivity contribution is 0.00452. The van der Waals surface area contributed by atoms with E-state index in [1.807, 2.05) is 18.2 Å². The standard InChI is InChI=1S/C25H28F2N5O7P/c1-16-38-19(21(39-16)18-7-8-25(26,27)11-18)13-37-40(34,36-12-17-5-3-2-4-6-17)15-35-10-9-32-14-29-20-22(32)30-24(28)31-23(20)33/h2-6,14,18H,1,7-13,15H2,(H3,28,30,31,33). The first-order valence-electron chi connectivity index (χ1n) is 12.5. The first-order valence-corrected chi connectivity index (χ1v) is 14.2. The van der Waals surface area contributed by atoms with E-state index in [4.69, 9.17) is 29.0 Å². The Bertz CT molecular complexity index is 1520. The molecule has 2 aliphatic rings. The number of aromatic nitrogens is 4. The number of nitrogens with zero attached hydrogens (tertiary/aromatic N) is 3. The Morgan fingerprint density at radius 3 is 2.75 bits per heavy atom. The first-order chi connectivity index (χ1) is 19.1. The molecule has 3 N–H and O–H groups in total. The number of allylic oxidation sites excluding steroid dienone is 1. The third-order valence-electron chi connectivity index (χ3n) is 6.39. The van der Waals surface area contributed by atoms with E-state index in [2.05, 4.69) is 21.5 Å². The second-order valence-electron chi connectivity index (χ2n) is 9.40. The zero-order chi connectivity index (χ0) is 28.3. The molecule has 15 heteroatoms. The fourth-order valence-electron chi connectivity index (χ4n) is 4.46. The van der Waals surface area contributed by atoms with Gasteiger partial charge in [-0.15, -0.1) is 0 Å². The third kappa shape index (κ3) is 6.58. The Morgan fingerprint density at radius 2 is 2.00 bits per heavy atom. The number of nitrogens with one attached hydrogen (secondary N) is 1. The highest BCUT2D eigenvalue weighted by Gasteiger charge is 2.44. The highest BCUT2D eigenvalue weighted by atomic mass is 31.2. The molecule has 3 aromatic rings. The van der Waals surface area contributed by atoms with Crippen molar-refractivity contribution in [3.05, 3.63) is 76.6 Å². The van der Waals surface area contributed by atoms with Gasteiger partial charge in [-0.2, -0.15) is 4.98 Å². The molecule has 0 saturated heterocycles. The van der Waals surface area contributed by atoms with Crippen molar-refractivity contribution < 1.29 is 36.6 Å². The molecule has 2 atom stereocenters. The Morgan fingerprint density at radius 1 is 1.23 bits per heavy atom. The van der Waals surface area contributed by atoms with Crippen molar-refractivity contribution in [2.75, 3.05) is 25.3 Å². The van der Waals surface area contributed by atoms with Crippen LogP contribution in [0.2, 0.25) is 0 Å². The number of ether oxygens (including phenoxy) is 3. The maximum absolute atomic E-state index is 13.8. The molecule has 0 radical (unpaired) electrons. The van der Waals surface area contributed by atoms with Crippen LogP contribution in [0.15, 0.2) is 65.5 Å². The summed E-state index contributed by atoms with van der Waals surface area (Å²) < 4.78 is 70.9. The molecule has 2 aromatic heterocycles. The van der Waals surface area contributed by atoms with Gasteiger partial charge in [-0.05, 0) is 18.6 Å². The number of fused-ring (bicyclic) bond motifs is 1. The number of aromatic amines is 1. The number of imidazole rings is 1. The van der Waals surface area contributed by atoms with Crippen LogP contribution in [-0.2, 0) is 41.0 Å². The van der Waals surface area contributed by atoms with Crippen LogP contribution in [0.1, 0.15) is 24.8 Å². The van der Waals surface area contributed by atoms with Gasteiger partial charge in [-0.25, -0.2) is 13.8 Å². The van der Waals surface area contributed by atoms with Gasteiger partial charge in [0.2, 0.25) is 11.9 Å². The molecule has 12 nitrogen and oxygen atoms in total. The van der Waals surface area contributed by atoms with E-state index in [0.717, 1.165) is 5.56 Å². The lowest BCUT2D eigenvalue weighted by Crippen LogP contribution is -2.14. The summed E-state index contributed by atoms with van der Waals surface area (Å²) in [7, 11) is -3.90. The molecule has 2 unspecified atom stereocenters. The van der Waals surface area contributed by atoms with Gasteiger partial charge in [0.1, 0.15) is 13.0 Å². The van der Waals surface area contributed by atoms with Crippen molar-refractivity contribution in [3.63, 3.8) is 0 Å². The largest absolute Gasteiger partial charge is 0.427 e. The van der Waals surface area contributed by atoms with Crippen molar-refractivity contribution >= 4 is 24.7 Å². The van der Waals surface area contributed by atoms with Gasteiger partial charge in [-0.3, -0.25) is 18.9 Å². The van der Waals surface area contributed by atoms with Crippen LogP contribution in [-0.4, -0.2) is 45.0 Å². The van der Waals surface area contributed by atoms with E-state index < -0.39 is 31.3 Å². The highest BCUT2D eigenvalue weighted by molar-refractivity contribution is 7.53. The molecule has 1 saturated carbocycles. The zero-order valence-corrected chi connectivity index (χ0v) is 22.3. The van der Waals surface area contributed by atoms with Crippen molar-refractivity contribution in [3.8, 4) is 0 Å². The minimum atomic E-state index is -3.90. The summed E-state index contributed by atoms with van der Waals surface area (Å²) >= 11 is 0. The SMILES string of the molecule is C=C1OC(COP(=O)(COCCn2cnc3c(=O)[nH]c(N)nc32)OCc2ccccc2)=C(C2CCC(F)(F)C2)O1. The highest BCUT2D eigenvalue weighted by Crippen LogP contribution is 2.51. The number of hydrogen-bond donors (Lipinski definition) is 2. The Labute approximate surface area is 227 Å². The van der Waals surface area contributed by atoms with E-state index in [-0.39, 0.29) is 80.2 Å². The van der Waals surface area contributed by atoms with Gasteiger partial charge in [0.15, 0.2) is 22.7 Å². The molecule has 3 heterocycles. The van der Waals surface area contributed by atoms with Crippen LogP contribution < -0.4 is 11.3 Å². The molecule has 1 aliphatic carbocycles. The van der Waals surface area contributed by atoms with Crippen LogP contribution in [0.5, 0.6) is 0 Å². The first kappa shape index (κ1) is 28.0. The van der Waals surface area contributed by atoms with Gasteiger partial charge in [0, 0.05) is 25.3 Å². The van der Waals surface area contributed by atoms with E-state index in [1.54, 1.807) is 16.7 Å². The number of alkyl halides is 2. The van der Waals surface area contributed by atoms with Gasteiger partial charge in [-0.1, -0.05) is 30.3 Å². The number of H-pyrrole nitrogens is 1. The summed E-state index contributed by atoms with van der Waals surface area (Å²) in [5.74, 6) is -3.17. The number of nitrogens with two attached hydrogens (primary N) is 1. The predicted octanol–water partition coefficient (Wildman–Crippen LogP) is 4.27. The van der Waals surface area contributed by atoms with E-state index in [9.17, 15) is 18.1 Å². The Kier molecular flexibility index (Phi) is 8.04. The van der Waals surface area contributed by atoms with E-state index in [0.29, 0.717) is 0 Å². The van der Waals surface area contributed by atoms with Crippen molar-refractivity contribution in [1.82, 2.24) is 19.5 Å². The fraction of sp³-hybridized carbons (Fsp3) is 0.400. The topological polar surface area (TPSA) is 153 Å². The second-order valence-corrected chi connectivity index (χ2v) is 11.4. The molecule has 5 rings (SSSR count). The molecule has 40 heavy (non-hydrogen) atoms. The molecular weight excluding hydrogens is 551 g/mol. The van der Waals surface area contributed by atoms with Crippen molar-refractivity contribution in [2.24, 2.45) is 5.92 Å². The third-order valence-corrected chi connectivity index (χ3v) is 7.94. The summed E-state index contributed by atoms with van der Waals surface area (Å²) in [4.78, 5) is 22.5. The molecular formula is C25H28F2N5O7P. The number of nitrogen functional groups attached to an aromatic ring is 1. The monoisotopic (exact) mass is 579 g/mol. The van der Waals surface area contributed by atoms with Gasteiger partial charge in [0.25, 0.3) is 11.5 Å². The van der Waals surface area contributed by atoms with Crippen LogP contribution in [0.3, 0.4) is 0 Å². The minimum absolute atomic E-state index is 0.0234. The molecule has 214 valence electrons. The Balaban J connectivity index is 1.25. The van der Waals surface area contributed by atoms with Crippen LogP contribution in [0.4, 0.5) is 14.7 Å². The summed E-state index contributed by atoms with van der Waals surface area (Å²) in [6, 6.07) is 9.06. The minimum Gasteiger partial charge on any atom is -0.427 e. The summed E-state index contributed by atoms with van der Waals surface area (Å²) in [5.41, 5.74) is 6.32. The second kappa shape index (κ2) is 11.5. The molecule has 1 aromatic carbocycles. The summed E-state index contributed by atoms with van der Waals surface area (Å²) in [6.07, 6.45) is 0.559. The molecule has 0 spiro atoms. The molecule has 1 fully saturated rings. The smallest absolute Gasteiger partial charge is 0.356 e. The van der Waals surface area contributed by atoms with Crippen molar-refractivity contribution in [1.29, 1.82) is 0 Å². The number of hydrogen-bond acceptors (Lipinski definition) is 10. The lowest BCUT2D eigenvalue weighted by Gasteiger charge is -2.19. The lowest BCUT2D eigenvalue weighted by atomic mass is 10.0. The molecule has 0 amide bonds. The van der Waals surface area contributed by atoms with Crippen LogP contribution in [0.25, 0.3) is 11.2 Å². The number of benzene rings is 1. The normalized spacial score (nSPS) is 20.1. The molecule has 0 bridgehead atoms. The van der Waals surface area contributed by atoms with Gasteiger partial charge >= 0.3 is 7.60 Å². The van der Waals surface area contributed by atoms with E-state index >= 15 is 0 Å². The van der Waals surface area contributed by atoms with Crippen LogP contribution in [0, 0.1) is 5.92 Å². The average molecular weight is 579 g/mol. The molecule has 1 aliphatic heterocycles. The van der Waals surface area contributed by atoms with Gasteiger partial charge in [0.05, 0.1) is 19.5 Å². The summed E-state index contributed by atoms with van der Waals surface area (Å²) in [5, 5.41) is 0. The summed E-state index contributed by atoms with van der Waals surface area (Å²) in [6.45, 7) is 3.48. The number of rotatable bonds is 12. The maximum Gasteiger partial charge on any atom is 0.356 e. The number of anilines is 1.